The number of guanidine groups is 1. The molecule has 0 atom stereocenters. The SMILES string of the molecule is CN=C(NCc1ccc(NC(=O)C(C)C)cc1)NCc1cccc(C)c1.I. The van der Waals surface area contributed by atoms with Gasteiger partial charge in [0.1, 0.15) is 0 Å². The average molecular weight is 480 g/mol. The first-order valence-corrected chi connectivity index (χ1v) is 8.88. The summed E-state index contributed by atoms with van der Waals surface area (Å²) in [6.07, 6.45) is 0. The van der Waals surface area contributed by atoms with Crippen molar-refractivity contribution in [3.63, 3.8) is 0 Å². The molecule has 0 aliphatic carbocycles. The van der Waals surface area contributed by atoms with Crippen molar-refractivity contribution in [2.75, 3.05) is 12.4 Å². The summed E-state index contributed by atoms with van der Waals surface area (Å²) in [6, 6.07) is 16.2. The molecule has 0 heterocycles. The van der Waals surface area contributed by atoms with Gasteiger partial charge in [-0.25, -0.2) is 0 Å². The number of rotatable bonds is 6. The number of aryl methyl sites for hydroxylation is 1. The number of halogens is 1. The van der Waals surface area contributed by atoms with Gasteiger partial charge in [0.05, 0.1) is 0 Å². The minimum atomic E-state index is -0.0286. The molecule has 2 aromatic carbocycles. The maximum Gasteiger partial charge on any atom is 0.226 e. The Balaban J connectivity index is 0.00000364. The second kappa shape index (κ2) is 11.6. The number of amides is 1. The summed E-state index contributed by atoms with van der Waals surface area (Å²) >= 11 is 0. The van der Waals surface area contributed by atoms with Crippen molar-refractivity contribution in [2.45, 2.75) is 33.9 Å². The van der Waals surface area contributed by atoms with Gasteiger partial charge in [0.25, 0.3) is 0 Å². The lowest BCUT2D eigenvalue weighted by Crippen LogP contribution is -2.36. The van der Waals surface area contributed by atoms with E-state index in [0.717, 1.165) is 23.8 Å². The first kappa shape index (κ1) is 23.0. The molecule has 5 nitrogen and oxygen atoms in total. The summed E-state index contributed by atoms with van der Waals surface area (Å²) in [4.78, 5) is 16.0. The van der Waals surface area contributed by atoms with Gasteiger partial charge in [-0.2, -0.15) is 0 Å². The smallest absolute Gasteiger partial charge is 0.226 e. The second-order valence-corrected chi connectivity index (χ2v) is 6.61. The summed E-state index contributed by atoms with van der Waals surface area (Å²) in [6.45, 7) is 7.23. The predicted octanol–water partition coefficient (Wildman–Crippen LogP) is 4.07. The standard InChI is InChI=1S/C21H28N4O.HI/c1-15(2)20(26)25-19-10-8-17(9-11-19)13-23-21(22-4)24-14-18-7-5-6-16(3)12-18;/h5-12,15H,13-14H2,1-4H3,(H,25,26)(H2,22,23,24);1H. The zero-order valence-electron chi connectivity index (χ0n) is 16.4. The van der Waals surface area contributed by atoms with E-state index in [0.29, 0.717) is 6.54 Å². The number of anilines is 1. The number of carbonyl (C=O) groups is 1. The second-order valence-electron chi connectivity index (χ2n) is 6.61. The van der Waals surface area contributed by atoms with E-state index in [1.807, 2.05) is 38.1 Å². The summed E-state index contributed by atoms with van der Waals surface area (Å²) in [5.41, 5.74) is 4.40. The number of hydrogen-bond donors (Lipinski definition) is 3. The third kappa shape index (κ3) is 7.99. The summed E-state index contributed by atoms with van der Waals surface area (Å²) in [7, 11) is 1.76. The Morgan fingerprint density at radius 3 is 2.19 bits per heavy atom. The van der Waals surface area contributed by atoms with Crippen LogP contribution in [0, 0.1) is 12.8 Å². The minimum Gasteiger partial charge on any atom is -0.352 e. The molecule has 6 heteroatoms. The number of hydrogen-bond acceptors (Lipinski definition) is 2. The van der Waals surface area contributed by atoms with E-state index < -0.39 is 0 Å². The van der Waals surface area contributed by atoms with Crippen molar-refractivity contribution in [2.24, 2.45) is 10.9 Å². The Kier molecular flexibility index (Phi) is 9.85. The fourth-order valence-electron chi connectivity index (χ4n) is 2.41. The summed E-state index contributed by atoms with van der Waals surface area (Å²) < 4.78 is 0. The maximum absolute atomic E-state index is 11.7. The van der Waals surface area contributed by atoms with Gasteiger partial charge in [0, 0.05) is 31.7 Å². The molecule has 0 spiro atoms. The van der Waals surface area contributed by atoms with E-state index in [-0.39, 0.29) is 35.8 Å². The van der Waals surface area contributed by atoms with E-state index in [1.54, 1.807) is 7.05 Å². The van der Waals surface area contributed by atoms with Crippen molar-refractivity contribution >= 4 is 41.5 Å². The van der Waals surface area contributed by atoms with Crippen LogP contribution >= 0.6 is 24.0 Å². The van der Waals surface area contributed by atoms with Crippen molar-refractivity contribution in [3.8, 4) is 0 Å². The van der Waals surface area contributed by atoms with Gasteiger partial charge < -0.3 is 16.0 Å². The molecule has 2 aromatic rings. The number of nitrogens with one attached hydrogen (secondary N) is 3. The maximum atomic E-state index is 11.7. The van der Waals surface area contributed by atoms with E-state index in [1.165, 1.54) is 11.1 Å². The van der Waals surface area contributed by atoms with Gasteiger partial charge in [-0.1, -0.05) is 55.8 Å². The highest BCUT2D eigenvalue weighted by atomic mass is 127. The van der Waals surface area contributed by atoms with Crippen LogP contribution in [-0.4, -0.2) is 18.9 Å². The Hall–Kier alpha value is -2.09. The summed E-state index contributed by atoms with van der Waals surface area (Å²) in [5.74, 6) is 0.750. The van der Waals surface area contributed by atoms with Crippen LogP contribution in [0.1, 0.15) is 30.5 Å². The fourth-order valence-corrected chi connectivity index (χ4v) is 2.41. The minimum absolute atomic E-state index is 0. The third-order valence-corrected chi connectivity index (χ3v) is 3.97. The molecule has 0 saturated carbocycles. The molecule has 0 saturated heterocycles. The van der Waals surface area contributed by atoms with Crippen LogP contribution in [0.25, 0.3) is 0 Å². The molecule has 0 radical (unpaired) electrons. The number of benzene rings is 2. The van der Waals surface area contributed by atoms with Crippen molar-refractivity contribution in [1.82, 2.24) is 10.6 Å². The van der Waals surface area contributed by atoms with Crippen LogP contribution in [0.4, 0.5) is 5.69 Å². The highest BCUT2D eigenvalue weighted by Crippen LogP contribution is 2.11. The molecular formula is C21H29IN4O. The van der Waals surface area contributed by atoms with Gasteiger partial charge in [0.15, 0.2) is 5.96 Å². The number of nitrogens with zero attached hydrogens (tertiary/aromatic N) is 1. The van der Waals surface area contributed by atoms with E-state index in [9.17, 15) is 4.79 Å². The van der Waals surface area contributed by atoms with Crippen LogP contribution < -0.4 is 16.0 Å². The molecule has 1 amide bonds. The molecule has 146 valence electrons. The van der Waals surface area contributed by atoms with E-state index in [4.69, 9.17) is 0 Å². The Bertz CT molecular complexity index is 757. The largest absolute Gasteiger partial charge is 0.352 e. The van der Waals surface area contributed by atoms with Crippen LogP contribution in [-0.2, 0) is 17.9 Å². The lowest BCUT2D eigenvalue weighted by atomic mass is 10.1. The van der Waals surface area contributed by atoms with Crippen LogP contribution in [0.15, 0.2) is 53.5 Å². The lowest BCUT2D eigenvalue weighted by Gasteiger charge is -2.13. The average Bonchev–Trinajstić information content (AvgIpc) is 2.63. The summed E-state index contributed by atoms with van der Waals surface area (Å²) in [5, 5.41) is 9.51. The van der Waals surface area contributed by atoms with Crippen LogP contribution in [0.3, 0.4) is 0 Å². The van der Waals surface area contributed by atoms with Gasteiger partial charge in [-0.15, -0.1) is 24.0 Å². The van der Waals surface area contributed by atoms with Crippen molar-refractivity contribution < 1.29 is 4.79 Å². The molecule has 27 heavy (non-hydrogen) atoms. The van der Waals surface area contributed by atoms with Gasteiger partial charge in [-0.05, 0) is 30.2 Å². The Morgan fingerprint density at radius 1 is 1.00 bits per heavy atom. The normalized spacial score (nSPS) is 10.9. The first-order chi connectivity index (χ1) is 12.5. The molecule has 2 rings (SSSR count). The number of carbonyl (C=O) groups excluding carboxylic acids is 1. The molecular weight excluding hydrogens is 451 g/mol. The molecule has 0 fully saturated rings. The van der Waals surface area contributed by atoms with E-state index in [2.05, 4.69) is 52.1 Å². The highest BCUT2D eigenvalue weighted by Gasteiger charge is 2.06. The molecule has 0 aliphatic heterocycles. The third-order valence-electron chi connectivity index (χ3n) is 3.97. The van der Waals surface area contributed by atoms with Gasteiger partial charge in [-0.3, -0.25) is 9.79 Å². The topological polar surface area (TPSA) is 65.5 Å². The fraction of sp³-hybridized carbons (Fsp3) is 0.333. The molecule has 0 aromatic heterocycles. The lowest BCUT2D eigenvalue weighted by molar-refractivity contribution is -0.118. The molecule has 0 aliphatic rings. The van der Waals surface area contributed by atoms with Crippen molar-refractivity contribution in [1.29, 1.82) is 0 Å². The predicted molar refractivity (Wildman–Crippen MR) is 124 cm³/mol. The van der Waals surface area contributed by atoms with Gasteiger partial charge in [0.2, 0.25) is 5.91 Å². The van der Waals surface area contributed by atoms with E-state index >= 15 is 0 Å². The number of aliphatic imine (C=N–C) groups is 1. The zero-order chi connectivity index (χ0) is 18.9. The monoisotopic (exact) mass is 480 g/mol. The molecule has 0 bridgehead atoms. The molecule has 0 unspecified atom stereocenters. The zero-order valence-corrected chi connectivity index (χ0v) is 18.7. The first-order valence-electron chi connectivity index (χ1n) is 8.88. The van der Waals surface area contributed by atoms with Gasteiger partial charge >= 0.3 is 0 Å². The van der Waals surface area contributed by atoms with Crippen LogP contribution in [0.2, 0.25) is 0 Å². The highest BCUT2D eigenvalue weighted by molar-refractivity contribution is 14.0. The molecule has 3 N–H and O–H groups in total. The van der Waals surface area contributed by atoms with Crippen LogP contribution in [0.5, 0.6) is 0 Å². The quantitative estimate of drug-likeness (QED) is 0.332. The van der Waals surface area contributed by atoms with Crippen molar-refractivity contribution in [3.05, 3.63) is 65.2 Å². The Morgan fingerprint density at radius 2 is 1.63 bits per heavy atom. The Labute approximate surface area is 179 Å².